The molecule has 2 rings (SSSR count). The number of methoxy groups -OCH3 is 1. The van der Waals surface area contributed by atoms with Gasteiger partial charge in [0.2, 0.25) is 0 Å². The predicted molar refractivity (Wildman–Crippen MR) is 96.3 cm³/mol. The number of esters is 1. The molecule has 0 N–H and O–H groups in total. The van der Waals surface area contributed by atoms with Crippen LogP contribution in [0.15, 0.2) is 22.7 Å². The van der Waals surface area contributed by atoms with Gasteiger partial charge in [0.15, 0.2) is 5.69 Å². The molecule has 0 saturated carbocycles. The van der Waals surface area contributed by atoms with Crippen LogP contribution in [-0.4, -0.2) is 29.5 Å². The SMILES string of the molecule is CCOC(=O)c1nn(CC)c(-c2ccc(Br)cc2OC)c1I. The van der Waals surface area contributed by atoms with Gasteiger partial charge in [-0.15, -0.1) is 0 Å². The van der Waals surface area contributed by atoms with Crippen molar-refractivity contribution in [1.29, 1.82) is 0 Å². The summed E-state index contributed by atoms with van der Waals surface area (Å²) in [6.07, 6.45) is 0. The van der Waals surface area contributed by atoms with E-state index in [1.807, 2.05) is 25.1 Å². The van der Waals surface area contributed by atoms with Crippen molar-refractivity contribution in [2.75, 3.05) is 13.7 Å². The predicted octanol–water partition coefficient (Wildman–Crippen LogP) is 4.12. The summed E-state index contributed by atoms with van der Waals surface area (Å²) in [5.41, 5.74) is 2.08. The maximum atomic E-state index is 12.0. The van der Waals surface area contributed by atoms with Crippen molar-refractivity contribution in [3.8, 4) is 17.0 Å². The van der Waals surface area contributed by atoms with Gasteiger partial charge >= 0.3 is 5.97 Å². The maximum absolute atomic E-state index is 12.0. The molecule has 0 saturated heterocycles. The quantitative estimate of drug-likeness (QED) is 0.479. The first kappa shape index (κ1) is 17.3. The van der Waals surface area contributed by atoms with E-state index >= 15 is 0 Å². The third-order valence-electron chi connectivity index (χ3n) is 3.08. The number of ether oxygens (including phenoxy) is 2. The summed E-state index contributed by atoms with van der Waals surface area (Å²) in [6.45, 7) is 4.72. The minimum atomic E-state index is -0.406. The van der Waals surface area contributed by atoms with E-state index in [-0.39, 0.29) is 0 Å². The number of rotatable bonds is 5. The molecule has 1 aromatic carbocycles. The zero-order chi connectivity index (χ0) is 16.3. The van der Waals surface area contributed by atoms with Gasteiger partial charge in [-0.25, -0.2) is 4.79 Å². The fourth-order valence-electron chi connectivity index (χ4n) is 2.12. The van der Waals surface area contributed by atoms with Crippen LogP contribution in [0.2, 0.25) is 0 Å². The van der Waals surface area contributed by atoms with Gasteiger partial charge in [0.1, 0.15) is 5.75 Å². The molecular weight excluding hydrogens is 463 g/mol. The van der Waals surface area contributed by atoms with E-state index in [0.29, 0.717) is 18.8 Å². The second kappa shape index (κ2) is 7.45. The number of nitrogens with zero attached hydrogens (tertiary/aromatic N) is 2. The Bertz CT molecular complexity index is 700. The van der Waals surface area contributed by atoms with Gasteiger partial charge in [0, 0.05) is 16.6 Å². The smallest absolute Gasteiger partial charge is 0.359 e. The largest absolute Gasteiger partial charge is 0.496 e. The highest BCUT2D eigenvalue weighted by molar-refractivity contribution is 14.1. The van der Waals surface area contributed by atoms with E-state index < -0.39 is 5.97 Å². The van der Waals surface area contributed by atoms with Crippen LogP contribution >= 0.6 is 38.5 Å². The molecular formula is C15H16BrIN2O3. The molecule has 0 atom stereocenters. The van der Waals surface area contributed by atoms with Crippen LogP contribution in [0.1, 0.15) is 24.3 Å². The summed E-state index contributed by atoms with van der Waals surface area (Å²) in [6, 6.07) is 5.77. The van der Waals surface area contributed by atoms with E-state index in [1.54, 1.807) is 18.7 Å². The number of benzene rings is 1. The lowest BCUT2D eigenvalue weighted by molar-refractivity contribution is 0.0517. The van der Waals surface area contributed by atoms with Crippen LogP contribution in [0, 0.1) is 3.57 Å². The molecule has 0 aliphatic rings. The lowest BCUT2D eigenvalue weighted by Crippen LogP contribution is -2.07. The van der Waals surface area contributed by atoms with E-state index in [4.69, 9.17) is 9.47 Å². The fourth-order valence-corrected chi connectivity index (χ4v) is 3.35. The summed E-state index contributed by atoms with van der Waals surface area (Å²) in [5.74, 6) is 0.314. The molecule has 2 aromatic rings. The molecule has 0 radical (unpaired) electrons. The third kappa shape index (κ3) is 3.29. The van der Waals surface area contributed by atoms with Crippen molar-refractivity contribution in [3.05, 3.63) is 31.9 Å². The van der Waals surface area contributed by atoms with E-state index in [2.05, 4.69) is 43.6 Å². The van der Waals surface area contributed by atoms with Crippen LogP contribution in [-0.2, 0) is 11.3 Å². The Morgan fingerprint density at radius 1 is 1.41 bits per heavy atom. The Kier molecular flexibility index (Phi) is 5.85. The lowest BCUT2D eigenvalue weighted by Gasteiger charge is -2.11. The van der Waals surface area contributed by atoms with Gasteiger partial charge in [-0.2, -0.15) is 5.10 Å². The minimum absolute atomic E-state index is 0.324. The number of carbonyl (C=O) groups is 1. The van der Waals surface area contributed by atoms with E-state index in [1.165, 1.54) is 0 Å². The standard InChI is InChI=1S/C15H16BrIN2O3/c1-4-19-14(10-7-6-9(16)8-11(10)21-3)12(17)13(18-19)15(20)22-5-2/h6-8H,4-5H2,1-3H3. The van der Waals surface area contributed by atoms with Crippen molar-refractivity contribution in [1.82, 2.24) is 9.78 Å². The van der Waals surface area contributed by atoms with Crippen molar-refractivity contribution in [2.24, 2.45) is 0 Å². The second-order valence-corrected chi connectivity index (χ2v) is 6.39. The van der Waals surface area contributed by atoms with Gasteiger partial charge in [-0.05, 0) is 54.6 Å². The molecule has 0 fully saturated rings. The van der Waals surface area contributed by atoms with Gasteiger partial charge in [0.25, 0.3) is 0 Å². The van der Waals surface area contributed by atoms with Crippen LogP contribution < -0.4 is 4.74 Å². The summed E-state index contributed by atoms with van der Waals surface area (Å²) < 4.78 is 14.0. The van der Waals surface area contributed by atoms with Crippen LogP contribution in [0.25, 0.3) is 11.3 Å². The zero-order valence-electron chi connectivity index (χ0n) is 12.5. The average molecular weight is 479 g/mol. The van der Waals surface area contributed by atoms with E-state index in [0.717, 1.165) is 25.0 Å². The molecule has 5 nitrogen and oxygen atoms in total. The molecule has 7 heteroatoms. The molecule has 22 heavy (non-hydrogen) atoms. The highest BCUT2D eigenvalue weighted by Crippen LogP contribution is 2.36. The summed E-state index contributed by atoms with van der Waals surface area (Å²) in [4.78, 5) is 12.0. The Hall–Kier alpha value is -1.09. The zero-order valence-corrected chi connectivity index (χ0v) is 16.3. The maximum Gasteiger partial charge on any atom is 0.359 e. The molecule has 0 aliphatic carbocycles. The summed E-state index contributed by atoms with van der Waals surface area (Å²) in [5, 5.41) is 4.39. The Labute approximate surface area is 151 Å². The Morgan fingerprint density at radius 2 is 2.14 bits per heavy atom. The van der Waals surface area contributed by atoms with Gasteiger partial charge in [-0.3, -0.25) is 4.68 Å². The number of aromatic nitrogens is 2. The molecule has 118 valence electrons. The van der Waals surface area contributed by atoms with Crippen molar-refractivity contribution >= 4 is 44.5 Å². The third-order valence-corrected chi connectivity index (χ3v) is 4.60. The van der Waals surface area contributed by atoms with Gasteiger partial charge in [0.05, 0.1) is 23.0 Å². The van der Waals surface area contributed by atoms with Crippen molar-refractivity contribution in [3.63, 3.8) is 0 Å². The first-order chi connectivity index (χ1) is 10.5. The number of hydrogen-bond acceptors (Lipinski definition) is 4. The molecule has 0 amide bonds. The normalized spacial score (nSPS) is 10.6. The number of halogens is 2. The molecule has 1 aromatic heterocycles. The van der Waals surface area contributed by atoms with Gasteiger partial charge < -0.3 is 9.47 Å². The fraction of sp³-hybridized carbons (Fsp3) is 0.333. The Morgan fingerprint density at radius 3 is 2.73 bits per heavy atom. The first-order valence-corrected chi connectivity index (χ1v) is 8.67. The van der Waals surface area contributed by atoms with E-state index in [9.17, 15) is 4.79 Å². The van der Waals surface area contributed by atoms with Crippen LogP contribution in [0.4, 0.5) is 0 Å². The van der Waals surface area contributed by atoms with Crippen molar-refractivity contribution < 1.29 is 14.3 Å². The topological polar surface area (TPSA) is 53.3 Å². The average Bonchev–Trinajstić information content (AvgIpc) is 2.84. The molecule has 0 spiro atoms. The number of aryl methyl sites for hydroxylation is 1. The van der Waals surface area contributed by atoms with Crippen LogP contribution in [0.5, 0.6) is 5.75 Å². The highest BCUT2D eigenvalue weighted by atomic mass is 127. The Balaban J connectivity index is 2.62. The second-order valence-electron chi connectivity index (χ2n) is 4.39. The molecule has 0 bridgehead atoms. The van der Waals surface area contributed by atoms with Crippen molar-refractivity contribution in [2.45, 2.75) is 20.4 Å². The summed E-state index contributed by atoms with van der Waals surface area (Å²) in [7, 11) is 1.62. The minimum Gasteiger partial charge on any atom is -0.496 e. The number of carbonyl (C=O) groups excluding carboxylic acids is 1. The highest BCUT2D eigenvalue weighted by Gasteiger charge is 2.24. The first-order valence-electron chi connectivity index (χ1n) is 6.80. The van der Waals surface area contributed by atoms with Crippen LogP contribution in [0.3, 0.4) is 0 Å². The van der Waals surface area contributed by atoms with Gasteiger partial charge in [-0.1, -0.05) is 15.9 Å². The number of hydrogen-bond donors (Lipinski definition) is 0. The molecule has 1 heterocycles. The molecule has 0 unspecified atom stereocenters. The summed E-state index contributed by atoms with van der Waals surface area (Å²) >= 11 is 5.57. The monoisotopic (exact) mass is 478 g/mol. The lowest BCUT2D eigenvalue weighted by atomic mass is 10.1. The molecule has 0 aliphatic heterocycles.